The van der Waals surface area contributed by atoms with Gasteiger partial charge in [0.15, 0.2) is 0 Å². The summed E-state index contributed by atoms with van der Waals surface area (Å²) in [5.41, 5.74) is 11.5. The molecule has 3 nitrogen and oxygen atoms in total. The molecular formula is C36H19N3S2. The molecular weight excluding hydrogens is 539 g/mol. The zero-order valence-electron chi connectivity index (χ0n) is 21.6. The van der Waals surface area contributed by atoms with E-state index in [0.717, 1.165) is 0 Å². The van der Waals surface area contributed by atoms with Gasteiger partial charge in [0.25, 0.3) is 0 Å². The lowest BCUT2D eigenvalue weighted by Crippen LogP contribution is -1.98. The van der Waals surface area contributed by atoms with Crippen LogP contribution in [0.1, 0.15) is 0 Å². The van der Waals surface area contributed by atoms with Gasteiger partial charge < -0.3 is 13.2 Å². The maximum Gasteiger partial charge on any atom is 0.0830 e. The van der Waals surface area contributed by atoms with Crippen LogP contribution in [-0.4, -0.2) is 13.2 Å². The highest BCUT2D eigenvalue weighted by atomic mass is 32.1. The van der Waals surface area contributed by atoms with E-state index < -0.39 is 0 Å². The summed E-state index contributed by atoms with van der Waals surface area (Å²) in [6.07, 6.45) is 0. The Labute approximate surface area is 240 Å². The fourth-order valence-corrected chi connectivity index (χ4v) is 9.84. The molecule has 11 aromatic rings. The lowest BCUT2D eigenvalue weighted by Gasteiger charge is -2.16. The van der Waals surface area contributed by atoms with E-state index in [1.807, 2.05) is 22.7 Å². The second kappa shape index (κ2) is 7.07. The minimum atomic E-state index is 1.25. The number of fused-ring (bicyclic) bond motifs is 13. The van der Waals surface area contributed by atoms with Crippen LogP contribution in [-0.2, 0) is 0 Å². The topological polar surface area (TPSA) is 13.2 Å². The van der Waals surface area contributed by atoms with E-state index in [-0.39, 0.29) is 0 Å². The fraction of sp³-hybridized carbons (Fsp3) is 0. The molecule has 0 fully saturated rings. The second-order valence-electron chi connectivity index (χ2n) is 11.0. The number of rotatable bonds is 0. The third kappa shape index (κ3) is 2.35. The van der Waals surface area contributed by atoms with E-state index in [1.54, 1.807) is 0 Å². The summed E-state index contributed by atoms with van der Waals surface area (Å²) in [4.78, 5) is 0. The smallest absolute Gasteiger partial charge is 0.0830 e. The number of nitrogens with zero attached hydrogens (tertiary/aromatic N) is 3. The maximum atomic E-state index is 2.57. The van der Waals surface area contributed by atoms with Crippen LogP contribution in [0.15, 0.2) is 115 Å². The fourth-order valence-electron chi connectivity index (χ4n) is 7.43. The third-order valence-electron chi connectivity index (χ3n) is 8.97. The van der Waals surface area contributed by atoms with E-state index >= 15 is 0 Å². The Morgan fingerprint density at radius 1 is 0.341 bits per heavy atom. The quantitative estimate of drug-likeness (QED) is 0.130. The lowest BCUT2D eigenvalue weighted by atomic mass is 10.1. The van der Waals surface area contributed by atoms with E-state index in [4.69, 9.17) is 0 Å². The van der Waals surface area contributed by atoms with Crippen molar-refractivity contribution in [2.24, 2.45) is 0 Å². The molecule has 0 saturated heterocycles. The summed E-state index contributed by atoms with van der Waals surface area (Å²) < 4.78 is 12.8. The first-order chi connectivity index (χ1) is 20.4. The van der Waals surface area contributed by atoms with Crippen molar-refractivity contribution in [1.29, 1.82) is 0 Å². The number of benzene rings is 6. The minimum absolute atomic E-state index is 1.25. The van der Waals surface area contributed by atoms with Crippen LogP contribution in [0.2, 0.25) is 0 Å². The van der Waals surface area contributed by atoms with Gasteiger partial charge in [0.1, 0.15) is 0 Å². The van der Waals surface area contributed by atoms with E-state index in [0.29, 0.717) is 0 Å². The Balaban J connectivity index is 1.54. The monoisotopic (exact) mass is 557 g/mol. The molecule has 11 rings (SSSR count). The molecule has 0 aliphatic heterocycles. The van der Waals surface area contributed by atoms with Gasteiger partial charge in [-0.25, -0.2) is 0 Å². The van der Waals surface area contributed by atoms with Crippen molar-refractivity contribution in [3.63, 3.8) is 0 Å². The summed E-state index contributed by atoms with van der Waals surface area (Å²) in [7, 11) is 0. The largest absolute Gasteiger partial charge is 0.305 e. The first-order valence-corrected chi connectivity index (χ1v) is 15.5. The maximum absolute atomic E-state index is 2.57. The van der Waals surface area contributed by atoms with Crippen LogP contribution in [0.5, 0.6) is 0 Å². The normalized spacial score (nSPS) is 12.9. The standard InChI is InChI=1S/C36H19N3S2/c1-2-12-24-20(9-1)21-10-7-16-28-32(21)37(24)27-15-8-11-22-23-19-31-35-36(34(23)39(28)33(22)27)41-30-18-6-4-14-26(30)38(35)25-13-3-5-17-29(25)40-31/h1-19H. The van der Waals surface area contributed by atoms with Crippen LogP contribution >= 0.6 is 22.7 Å². The summed E-state index contributed by atoms with van der Waals surface area (Å²) in [5.74, 6) is 0. The van der Waals surface area contributed by atoms with E-state index in [9.17, 15) is 0 Å². The second-order valence-corrected chi connectivity index (χ2v) is 13.1. The molecule has 0 atom stereocenters. The van der Waals surface area contributed by atoms with E-state index in [1.165, 1.54) is 90.0 Å². The average Bonchev–Trinajstić information content (AvgIpc) is 3.54. The van der Waals surface area contributed by atoms with E-state index in [2.05, 4.69) is 128 Å². The molecule has 0 aliphatic carbocycles. The zero-order valence-corrected chi connectivity index (χ0v) is 23.3. The van der Waals surface area contributed by atoms with Gasteiger partial charge in [-0.2, -0.15) is 0 Å². The highest BCUT2D eigenvalue weighted by molar-refractivity contribution is 7.28. The number of para-hydroxylation sites is 5. The van der Waals surface area contributed by atoms with Crippen LogP contribution in [0.25, 0.3) is 90.0 Å². The Bertz CT molecular complexity index is 2910. The van der Waals surface area contributed by atoms with Gasteiger partial charge in [-0.15, -0.1) is 22.7 Å². The van der Waals surface area contributed by atoms with Gasteiger partial charge in [0.2, 0.25) is 0 Å². The predicted molar refractivity (Wildman–Crippen MR) is 178 cm³/mol. The van der Waals surface area contributed by atoms with Crippen LogP contribution < -0.4 is 0 Å². The SMILES string of the molecule is c1ccc2c(c1)sc1cc3c4cccc5c4n(c4cccc6c7ccccc7n5c64)c3c3sc4ccccc4n2c13. The molecule has 5 aromatic heterocycles. The molecule has 5 heteroatoms. The number of hydrogen-bond donors (Lipinski definition) is 0. The Morgan fingerprint density at radius 3 is 1.66 bits per heavy atom. The Morgan fingerprint density at radius 2 is 0.878 bits per heavy atom. The molecule has 0 bridgehead atoms. The molecule has 190 valence electrons. The zero-order chi connectivity index (χ0) is 26.4. The third-order valence-corrected chi connectivity index (χ3v) is 11.2. The van der Waals surface area contributed by atoms with Crippen molar-refractivity contribution in [2.45, 2.75) is 0 Å². The van der Waals surface area contributed by atoms with Gasteiger partial charge in [-0.1, -0.05) is 66.7 Å². The molecule has 0 saturated carbocycles. The van der Waals surface area contributed by atoms with Crippen LogP contribution in [0.3, 0.4) is 0 Å². The summed E-state index contributed by atoms with van der Waals surface area (Å²) in [6.45, 7) is 0. The van der Waals surface area contributed by atoms with Crippen molar-refractivity contribution in [1.82, 2.24) is 13.2 Å². The molecule has 0 amide bonds. The van der Waals surface area contributed by atoms with Gasteiger partial charge in [0.05, 0.1) is 68.4 Å². The van der Waals surface area contributed by atoms with Crippen molar-refractivity contribution in [3.8, 4) is 0 Å². The van der Waals surface area contributed by atoms with Crippen LogP contribution in [0.4, 0.5) is 0 Å². The number of hydrogen-bond acceptors (Lipinski definition) is 2. The van der Waals surface area contributed by atoms with Crippen molar-refractivity contribution < 1.29 is 0 Å². The first-order valence-electron chi connectivity index (χ1n) is 13.9. The van der Waals surface area contributed by atoms with Gasteiger partial charge in [0, 0.05) is 21.5 Å². The summed E-state index contributed by atoms with van der Waals surface area (Å²) in [6, 6.07) is 42.6. The first kappa shape index (κ1) is 21.0. The summed E-state index contributed by atoms with van der Waals surface area (Å²) in [5, 5.41) is 5.24. The molecule has 0 radical (unpaired) electrons. The molecule has 6 aromatic carbocycles. The molecule has 0 aliphatic rings. The van der Waals surface area contributed by atoms with Gasteiger partial charge in [-0.3, -0.25) is 0 Å². The molecule has 5 heterocycles. The van der Waals surface area contributed by atoms with Gasteiger partial charge >= 0.3 is 0 Å². The van der Waals surface area contributed by atoms with Gasteiger partial charge in [-0.05, 0) is 48.5 Å². The number of aromatic nitrogens is 3. The summed E-state index contributed by atoms with van der Waals surface area (Å²) >= 11 is 3.82. The minimum Gasteiger partial charge on any atom is -0.305 e. The highest BCUT2D eigenvalue weighted by Gasteiger charge is 2.24. The van der Waals surface area contributed by atoms with Crippen molar-refractivity contribution >= 4 is 113 Å². The molecule has 0 unspecified atom stereocenters. The van der Waals surface area contributed by atoms with Crippen molar-refractivity contribution in [3.05, 3.63) is 115 Å². The Kier molecular flexibility index (Phi) is 3.62. The Hall–Kier alpha value is -4.84. The van der Waals surface area contributed by atoms with Crippen LogP contribution in [0, 0.1) is 0 Å². The van der Waals surface area contributed by atoms with Crippen molar-refractivity contribution in [2.75, 3.05) is 0 Å². The highest BCUT2D eigenvalue weighted by Crippen LogP contribution is 2.46. The molecule has 41 heavy (non-hydrogen) atoms. The average molecular weight is 558 g/mol. The molecule has 0 N–H and O–H groups in total. The lowest BCUT2D eigenvalue weighted by molar-refractivity contribution is 1.26. The predicted octanol–water partition coefficient (Wildman–Crippen LogP) is 10.6. The molecule has 0 spiro atoms.